The summed E-state index contributed by atoms with van der Waals surface area (Å²) in [4.78, 5) is 54.6. The predicted octanol–water partition coefficient (Wildman–Crippen LogP) is 3.37. The van der Waals surface area contributed by atoms with Crippen LogP contribution < -0.4 is 5.32 Å². The van der Waals surface area contributed by atoms with E-state index in [1.165, 1.54) is 12.0 Å². The van der Waals surface area contributed by atoms with E-state index < -0.39 is 42.3 Å². The Balaban J connectivity index is 1.58. The van der Waals surface area contributed by atoms with E-state index in [1.54, 1.807) is 4.90 Å². The molecule has 200 valence electrons. The molecule has 1 N–H and O–H groups in total. The van der Waals surface area contributed by atoms with Crippen molar-refractivity contribution in [3.8, 4) is 0 Å². The van der Waals surface area contributed by atoms with Crippen LogP contribution in [0.5, 0.6) is 0 Å². The van der Waals surface area contributed by atoms with Crippen molar-refractivity contribution in [1.82, 2.24) is 15.1 Å². The molecular formula is C27H35N3O7. The van der Waals surface area contributed by atoms with Crippen LogP contribution in [0.3, 0.4) is 0 Å². The van der Waals surface area contributed by atoms with Gasteiger partial charge < -0.3 is 24.4 Å². The van der Waals surface area contributed by atoms with Crippen LogP contribution in [0.4, 0.5) is 9.59 Å². The van der Waals surface area contributed by atoms with Gasteiger partial charge in [0.15, 0.2) is 0 Å². The first-order valence-electron chi connectivity index (χ1n) is 13.0. The first-order chi connectivity index (χ1) is 17.9. The third-order valence-electron chi connectivity index (χ3n) is 7.05. The van der Waals surface area contributed by atoms with E-state index in [-0.39, 0.29) is 19.6 Å². The fourth-order valence-electron chi connectivity index (χ4n) is 5.06. The number of hydrogen-bond acceptors (Lipinski definition) is 7. The minimum Gasteiger partial charge on any atom is -0.467 e. The van der Waals surface area contributed by atoms with Crippen molar-refractivity contribution in [1.29, 1.82) is 0 Å². The van der Waals surface area contributed by atoms with Gasteiger partial charge in [0.1, 0.15) is 18.2 Å². The lowest BCUT2D eigenvalue weighted by Gasteiger charge is -2.27. The van der Waals surface area contributed by atoms with Gasteiger partial charge in [-0.25, -0.2) is 14.4 Å². The van der Waals surface area contributed by atoms with Gasteiger partial charge in [-0.1, -0.05) is 50.1 Å². The smallest absolute Gasteiger partial charge is 0.410 e. The highest BCUT2D eigenvalue weighted by atomic mass is 16.6. The van der Waals surface area contributed by atoms with Crippen LogP contribution in [0.1, 0.15) is 62.1 Å². The number of carbonyl (C=O) groups excluding carboxylic acids is 4. The van der Waals surface area contributed by atoms with E-state index in [4.69, 9.17) is 14.2 Å². The standard InChI is InChI=1S/C27H35N3O7/c1-3-4-12-22-24(31)30-16-20(14-23(30)25(32)35-2)37-27(34)29-15-19-11-8-10-18(21(19)17-29)9-6-5-7-13-36-26(33)28-22/h6,8-11,20,22-23H,3-5,7,12-17H2,1-2H3,(H,28,33)/b9-6+/t20-,22+,23?/m1/s1. The molecule has 0 saturated carbocycles. The Labute approximate surface area is 216 Å². The van der Waals surface area contributed by atoms with Gasteiger partial charge in [-0.3, -0.25) is 9.69 Å². The van der Waals surface area contributed by atoms with Crippen molar-refractivity contribution >= 4 is 30.1 Å². The fourth-order valence-corrected chi connectivity index (χ4v) is 5.06. The third kappa shape index (κ3) is 6.23. The van der Waals surface area contributed by atoms with E-state index in [1.807, 2.05) is 37.3 Å². The van der Waals surface area contributed by atoms with Crippen LogP contribution in [0.2, 0.25) is 0 Å². The summed E-state index contributed by atoms with van der Waals surface area (Å²) in [5.41, 5.74) is 3.16. The number of fused-ring (bicyclic) bond motifs is 3. The highest BCUT2D eigenvalue weighted by Gasteiger charge is 2.44. The largest absolute Gasteiger partial charge is 0.467 e. The molecule has 3 aliphatic heterocycles. The number of methoxy groups -OCH3 is 1. The van der Waals surface area contributed by atoms with Crippen molar-refractivity contribution in [2.24, 2.45) is 0 Å². The highest BCUT2D eigenvalue weighted by molar-refractivity contribution is 5.90. The SMILES string of the molecule is CCCC[C@@H]1NC(=O)OCCC/C=C/c2cccc3c2CN(C3)C(=O)O[C@@H]2CC(C(=O)OC)N(C2)C1=O. The second-order valence-electron chi connectivity index (χ2n) is 9.63. The number of unbranched alkanes of at least 4 members (excludes halogenated alkanes) is 1. The third-order valence-corrected chi connectivity index (χ3v) is 7.05. The zero-order valence-electron chi connectivity index (χ0n) is 21.4. The summed E-state index contributed by atoms with van der Waals surface area (Å²) in [5, 5.41) is 2.67. The molecule has 37 heavy (non-hydrogen) atoms. The molecule has 3 aliphatic rings. The van der Waals surface area contributed by atoms with Crippen LogP contribution >= 0.6 is 0 Å². The van der Waals surface area contributed by atoms with Gasteiger partial charge in [-0.2, -0.15) is 0 Å². The zero-order valence-corrected chi connectivity index (χ0v) is 21.4. The summed E-state index contributed by atoms with van der Waals surface area (Å²) in [6.07, 6.45) is 5.60. The Morgan fingerprint density at radius 2 is 2.05 bits per heavy atom. The molecule has 0 aromatic heterocycles. The summed E-state index contributed by atoms with van der Waals surface area (Å²) in [6.45, 7) is 3.10. The maximum atomic E-state index is 13.5. The summed E-state index contributed by atoms with van der Waals surface area (Å²) >= 11 is 0. The Morgan fingerprint density at radius 3 is 2.84 bits per heavy atom. The summed E-state index contributed by atoms with van der Waals surface area (Å²) in [5.74, 6) is -1.01. The number of ether oxygens (including phenoxy) is 3. The van der Waals surface area contributed by atoms with E-state index in [0.717, 1.165) is 23.1 Å². The molecule has 1 saturated heterocycles. The molecular weight excluding hydrogens is 478 g/mol. The first kappa shape index (κ1) is 26.5. The Kier molecular flexibility index (Phi) is 8.68. The number of benzene rings is 1. The van der Waals surface area contributed by atoms with Gasteiger partial charge in [-0.15, -0.1) is 0 Å². The van der Waals surface area contributed by atoms with Crippen molar-refractivity contribution in [2.75, 3.05) is 20.3 Å². The maximum Gasteiger partial charge on any atom is 0.410 e. The van der Waals surface area contributed by atoms with E-state index >= 15 is 0 Å². The molecule has 0 spiro atoms. The monoisotopic (exact) mass is 513 g/mol. The highest BCUT2D eigenvalue weighted by Crippen LogP contribution is 2.29. The summed E-state index contributed by atoms with van der Waals surface area (Å²) < 4.78 is 16.0. The number of rotatable bonds is 4. The van der Waals surface area contributed by atoms with Gasteiger partial charge in [0.05, 0.1) is 26.8 Å². The molecule has 1 aromatic carbocycles. The predicted molar refractivity (Wildman–Crippen MR) is 134 cm³/mol. The van der Waals surface area contributed by atoms with E-state index in [9.17, 15) is 19.2 Å². The number of cyclic esters (lactones) is 1. The molecule has 4 bridgehead atoms. The lowest BCUT2D eigenvalue weighted by Crippen LogP contribution is -2.52. The summed E-state index contributed by atoms with van der Waals surface area (Å²) in [6, 6.07) is 4.20. The van der Waals surface area contributed by atoms with Crippen LogP contribution in [0.15, 0.2) is 24.3 Å². The first-order valence-corrected chi connectivity index (χ1v) is 13.0. The van der Waals surface area contributed by atoms with Crippen molar-refractivity contribution in [3.63, 3.8) is 0 Å². The average Bonchev–Trinajstić information content (AvgIpc) is 3.52. The van der Waals surface area contributed by atoms with Crippen LogP contribution in [-0.2, 0) is 36.9 Å². The minimum atomic E-state index is -0.907. The van der Waals surface area contributed by atoms with Gasteiger partial charge >= 0.3 is 18.2 Å². The van der Waals surface area contributed by atoms with Gasteiger partial charge in [0.25, 0.3) is 0 Å². The average molecular weight is 514 g/mol. The lowest BCUT2D eigenvalue weighted by molar-refractivity contribution is -0.151. The quantitative estimate of drug-likeness (QED) is 0.485. The summed E-state index contributed by atoms with van der Waals surface area (Å²) in [7, 11) is 1.26. The molecule has 3 atom stereocenters. The number of nitrogens with zero attached hydrogens (tertiary/aromatic N) is 2. The molecule has 1 unspecified atom stereocenters. The number of nitrogens with one attached hydrogen (secondary N) is 1. The minimum absolute atomic E-state index is 0.0401. The molecule has 10 heteroatoms. The van der Waals surface area contributed by atoms with Gasteiger partial charge in [-0.05, 0) is 36.0 Å². The molecule has 10 nitrogen and oxygen atoms in total. The van der Waals surface area contributed by atoms with Crippen molar-refractivity contribution in [2.45, 2.75) is 76.7 Å². The number of carbonyl (C=O) groups is 4. The lowest BCUT2D eigenvalue weighted by atomic mass is 10.0. The number of hydrogen-bond donors (Lipinski definition) is 1. The van der Waals surface area contributed by atoms with Crippen molar-refractivity contribution < 1.29 is 33.4 Å². The van der Waals surface area contributed by atoms with E-state index in [0.29, 0.717) is 38.8 Å². The van der Waals surface area contributed by atoms with Crippen LogP contribution in [0, 0.1) is 0 Å². The van der Waals surface area contributed by atoms with E-state index in [2.05, 4.69) is 5.32 Å². The second kappa shape index (κ2) is 12.1. The van der Waals surface area contributed by atoms with Crippen LogP contribution in [-0.4, -0.2) is 72.3 Å². The Hall–Kier alpha value is -3.56. The molecule has 3 amide bonds. The molecule has 0 radical (unpaired) electrons. The number of esters is 1. The Morgan fingerprint density at radius 1 is 1.22 bits per heavy atom. The zero-order chi connectivity index (χ0) is 26.4. The molecule has 1 fully saturated rings. The number of alkyl carbamates (subject to hydrolysis) is 1. The second-order valence-corrected chi connectivity index (χ2v) is 9.63. The van der Waals surface area contributed by atoms with Gasteiger partial charge in [0.2, 0.25) is 5.91 Å². The molecule has 3 heterocycles. The fraction of sp³-hybridized carbons (Fsp3) is 0.556. The van der Waals surface area contributed by atoms with Crippen molar-refractivity contribution in [3.05, 3.63) is 41.0 Å². The number of allylic oxidation sites excluding steroid dienone is 1. The Bertz CT molecular complexity index is 1060. The van der Waals surface area contributed by atoms with Gasteiger partial charge in [0, 0.05) is 13.0 Å². The topological polar surface area (TPSA) is 114 Å². The van der Waals surface area contributed by atoms with Crippen LogP contribution in [0.25, 0.3) is 6.08 Å². The molecule has 4 rings (SSSR count). The normalized spacial score (nSPS) is 25.4. The maximum absolute atomic E-state index is 13.5. The molecule has 0 aliphatic carbocycles. The molecule has 1 aromatic rings. The number of amides is 3.